The zero-order valence-corrected chi connectivity index (χ0v) is 8.84. The number of nitrogens with zero attached hydrogens (tertiary/aromatic N) is 1. The summed E-state index contributed by atoms with van der Waals surface area (Å²) in [7, 11) is 0. The summed E-state index contributed by atoms with van der Waals surface area (Å²) in [4.78, 5) is 13.2. The van der Waals surface area contributed by atoms with Gasteiger partial charge in [-0.25, -0.2) is 13.8 Å². The molecule has 1 aromatic rings. The van der Waals surface area contributed by atoms with Crippen molar-refractivity contribution >= 4 is 5.97 Å². The highest BCUT2D eigenvalue weighted by Crippen LogP contribution is 2.35. The van der Waals surface area contributed by atoms with Crippen LogP contribution < -0.4 is 4.74 Å². The second-order valence-electron chi connectivity index (χ2n) is 3.23. The SMILES string of the molecule is O=C(O)Cc1nc(F)cc(C(F)F)c1OC(F)(F)F. The number of carboxylic acid groups (broad SMARTS) is 1. The van der Waals surface area contributed by atoms with E-state index < -0.39 is 48.1 Å². The normalized spacial score (nSPS) is 11.7. The first kappa shape index (κ1) is 15.1. The number of rotatable bonds is 4. The number of ether oxygens (including phenoxy) is 1. The molecule has 0 spiro atoms. The van der Waals surface area contributed by atoms with E-state index in [0.29, 0.717) is 0 Å². The fourth-order valence-corrected chi connectivity index (χ4v) is 1.23. The minimum absolute atomic E-state index is 0.0527. The van der Waals surface area contributed by atoms with Crippen LogP contribution in [0.4, 0.5) is 26.3 Å². The maximum atomic E-state index is 12.9. The first-order valence-corrected chi connectivity index (χ1v) is 4.55. The molecule has 1 N–H and O–H groups in total. The molecule has 106 valence electrons. The molecule has 0 radical (unpaired) electrons. The molecule has 0 aliphatic heterocycles. The first-order valence-electron chi connectivity index (χ1n) is 4.55. The van der Waals surface area contributed by atoms with E-state index in [2.05, 4.69) is 9.72 Å². The topological polar surface area (TPSA) is 59.4 Å². The van der Waals surface area contributed by atoms with Crippen molar-refractivity contribution in [3.63, 3.8) is 0 Å². The van der Waals surface area contributed by atoms with Gasteiger partial charge in [-0.15, -0.1) is 13.2 Å². The van der Waals surface area contributed by atoms with Gasteiger partial charge in [-0.1, -0.05) is 0 Å². The standard InChI is InChI=1S/C9H5F6NO3/c10-5-1-3(8(11)12)7(19-9(13,14)15)4(16-5)2-6(17)18/h1,8H,2H2,(H,17,18). The maximum Gasteiger partial charge on any atom is 0.573 e. The van der Waals surface area contributed by atoms with Crippen LogP contribution in [0.25, 0.3) is 0 Å². The van der Waals surface area contributed by atoms with Gasteiger partial charge in [0, 0.05) is 6.07 Å². The van der Waals surface area contributed by atoms with Crippen LogP contribution in [0.2, 0.25) is 0 Å². The van der Waals surface area contributed by atoms with Gasteiger partial charge in [0.1, 0.15) is 0 Å². The van der Waals surface area contributed by atoms with Crippen molar-refractivity contribution in [2.75, 3.05) is 0 Å². The number of halogens is 6. The van der Waals surface area contributed by atoms with Crippen LogP contribution >= 0.6 is 0 Å². The Morgan fingerprint density at radius 2 is 2.00 bits per heavy atom. The van der Waals surface area contributed by atoms with Crippen LogP contribution in [-0.4, -0.2) is 22.4 Å². The molecule has 0 saturated carbocycles. The lowest BCUT2D eigenvalue weighted by atomic mass is 10.1. The van der Waals surface area contributed by atoms with Gasteiger partial charge >= 0.3 is 12.3 Å². The molecule has 1 rings (SSSR count). The molecule has 10 heteroatoms. The summed E-state index contributed by atoms with van der Waals surface area (Å²) >= 11 is 0. The lowest BCUT2D eigenvalue weighted by molar-refractivity contribution is -0.275. The molecule has 0 bridgehead atoms. The van der Waals surface area contributed by atoms with E-state index in [1.165, 1.54) is 0 Å². The Labute approximate surface area is 101 Å². The van der Waals surface area contributed by atoms with Gasteiger partial charge in [-0.05, 0) is 0 Å². The van der Waals surface area contributed by atoms with Crippen molar-refractivity contribution in [2.24, 2.45) is 0 Å². The maximum absolute atomic E-state index is 12.9. The highest BCUT2D eigenvalue weighted by atomic mass is 19.4. The van der Waals surface area contributed by atoms with Crippen molar-refractivity contribution in [1.29, 1.82) is 0 Å². The smallest absolute Gasteiger partial charge is 0.481 e. The summed E-state index contributed by atoms with van der Waals surface area (Å²) in [6, 6.07) is 0.0527. The van der Waals surface area contributed by atoms with Gasteiger partial charge in [0.15, 0.2) is 5.75 Å². The average molecular weight is 289 g/mol. The Hall–Kier alpha value is -2.00. The average Bonchev–Trinajstić information content (AvgIpc) is 2.18. The van der Waals surface area contributed by atoms with Crippen LogP contribution in [0.1, 0.15) is 17.7 Å². The Morgan fingerprint density at radius 3 is 2.42 bits per heavy atom. The van der Waals surface area contributed by atoms with Crippen molar-refractivity contribution in [2.45, 2.75) is 19.2 Å². The van der Waals surface area contributed by atoms with Gasteiger partial charge in [-0.2, -0.15) is 4.39 Å². The fourth-order valence-electron chi connectivity index (χ4n) is 1.23. The minimum Gasteiger partial charge on any atom is -0.481 e. The van der Waals surface area contributed by atoms with Crippen LogP contribution in [0, 0.1) is 5.95 Å². The molecule has 0 aliphatic rings. The van der Waals surface area contributed by atoms with Gasteiger partial charge in [0.05, 0.1) is 17.7 Å². The fraction of sp³-hybridized carbons (Fsp3) is 0.333. The zero-order valence-electron chi connectivity index (χ0n) is 8.84. The molecule has 1 heterocycles. The Balaban J connectivity index is 3.38. The monoisotopic (exact) mass is 289 g/mol. The van der Waals surface area contributed by atoms with E-state index in [4.69, 9.17) is 5.11 Å². The Morgan fingerprint density at radius 1 is 1.42 bits per heavy atom. The number of alkyl halides is 5. The molecule has 0 aliphatic carbocycles. The van der Waals surface area contributed by atoms with Gasteiger partial charge < -0.3 is 9.84 Å². The van der Waals surface area contributed by atoms with Gasteiger partial charge in [0.2, 0.25) is 5.95 Å². The molecular weight excluding hydrogens is 284 g/mol. The third kappa shape index (κ3) is 4.30. The summed E-state index contributed by atoms with van der Waals surface area (Å²) < 4.78 is 77.4. The van der Waals surface area contributed by atoms with Crippen molar-refractivity contribution in [1.82, 2.24) is 4.98 Å². The second kappa shape index (κ2) is 5.33. The van der Waals surface area contributed by atoms with Gasteiger partial charge in [-0.3, -0.25) is 4.79 Å². The zero-order chi connectivity index (χ0) is 14.8. The molecule has 0 atom stereocenters. The molecule has 1 aromatic heterocycles. The van der Waals surface area contributed by atoms with E-state index in [0.717, 1.165) is 0 Å². The summed E-state index contributed by atoms with van der Waals surface area (Å²) in [6.07, 6.45) is -10.0. The number of aliphatic carboxylic acids is 1. The van der Waals surface area contributed by atoms with Crippen LogP contribution in [0.5, 0.6) is 5.75 Å². The summed E-state index contributed by atoms with van der Waals surface area (Å²) in [5.74, 6) is -4.70. The summed E-state index contributed by atoms with van der Waals surface area (Å²) in [6.45, 7) is 0. The summed E-state index contributed by atoms with van der Waals surface area (Å²) in [5, 5.41) is 8.42. The predicted molar refractivity (Wildman–Crippen MR) is 47.2 cm³/mol. The molecule has 0 unspecified atom stereocenters. The Bertz CT molecular complexity index is 488. The lowest BCUT2D eigenvalue weighted by Gasteiger charge is -2.15. The first-order chi connectivity index (χ1) is 8.60. The number of carboxylic acids is 1. The van der Waals surface area contributed by atoms with E-state index in [1.54, 1.807) is 0 Å². The number of hydrogen-bond acceptors (Lipinski definition) is 3. The molecule has 0 saturated heterocycles. The quantitative estimate of drug-likeness (QED) is 0.684. The van der Waals surface area contributed by atoms with Crippen LogP contribution in [-0.2, 0) is 11.2 Å². The predicted octanol–water partition coefficient (Wildman–Crippen LogP) is 2.68. The highest BCUT2D eigenvalue weighted by Gasteiger charge is 2.35. The Kier molecular flexibility index (Phi) is 4.22. The minimum atomic E-state index is -5.34. The van der Waals surface area contributed by atoms with Crippen LogP contribution in [0.15, 0.2) is 6.07 Å². The largest absolute Gasteiger partial charge is 0.573 e. The number of aromatic nitrogens is 1. The number of pyridine rings is 1. The molecule has 19 heavy (non-hydrogen) atoms. The number of carbonyl (C=O) groups is 1. The van der Waals surface area contributed by atoms with Crippen molar-refractivity contribution in [3.05, 3.63) is 23.3 Å². The molecule has 0 fully saturated rings. The van der Waals surface area contributed by atoms with E-state index in [1.807, 2.05) is 0 Å². The van der Waals surface area contributed by atoms with E-state index in [-0.39, 0.29) is 6.07 Å². The third-order valence-electron chi connectivity index (χ3n) is 1.81. The van der Waals surface area contributed by atoms with E-state index in [9.17, 15) is 31.1 Å². The lowest BCUT2D eigenvalue weighted by Crippen LogP contribution is -2.21. The van der Waals surface area contributed by atoms with Crippen molar-refractivity contribution in [3.8, 4) is 5.75 Å². The second-order valence-corrected chi connectivity index (χ2v) is 3.23. The third-order valence-corrected chi connectivity index (χ3v) is 1.81. The van der Waals surface area contributed by atoms with Crippen LogP contribution in [0.3, 0.4) is 0 Å². The van der Waals surface area contributed by atoms with Gasteiger partial charge in [0.25, 0.3) is 6.43 Å². The molecule has 0 amide bonds. The molecule has 0 aromatic carbocycles. The summed E-state index contributed by atoms with van der Waals surface area (Å²) in [5.41, 5.74) is -2.48. The van der Waals surface area contributed by atoms with E-state index >= 15 is 0 Å². The number of hydrogen-bond donors (Lipinski definition) is 1. The molecular formula is C9H5F6NO3. The highest BCUT2D eigenvalue weighted by molar-refractivity contribution is 5.70. The molecule has 4 nitrogen and oxygen atoms in total. The van der Waals surface area contributed by atoms with Crippen molar-refractivity contribution < 1.29 is 41.0 Å².